The lowest BCUT2D eigenvalue weighted by Crippen LogP contribution is -2.37. The van der Waals surface area contributed by atoms with Crippen molar-refractivity contribution in [2.45, 2.75) is 44.9 Å². The Balaban J connectivity index is 2.17. The molecule has 1 aliphatic rings. The van der Waals surface area contributed by atoms with E-state index in [4.69, 9.17) is 16.3 Å². The Hall–Kier alpha value is -0.930. The molecule has 1 aromatic rings. The molecule has 1 heterocycles. The van der Waals surface area contributed by atoms with E-state index in [1.807, 2.05) is 26.2 Å². The largest absolute Gasteiger partial charge is 0.380 e. The van der Waals surface area contributed by atoms with Crippen LogP contribution in [0.15, 0.2) is 18.2 Å². The molecule has 19 heavy (non-hydrogen) atoms. The van der Waals surface area contributed by atoms with Crippen LogP contribution in [0.1, 0.15) is 26.7 Å². The molecule has 106 valence electrons. The molecule has 2 rings (SSSR count). The summed E-state index contributed by atoms with van der Waals surface area (Å²) in [7, 11) is 4.03. The molecule has 2 unspecified atom stereocenters. The Morgan fingerprint density at radius 2 is 1.84 bits per heavy atom. The van der Waals surface area contributed by atoms with E-state index >= 15 is 0 Å². The molecule has 0 bridgehead atoms. The second-order valence-electron chi connectivity index (χ2n) is 5.60. The Morgan fingerprint density at radius 3 is 2.42 bits per heavy atom. The van der Waals surface area contributed by atoms with Crippen LogP contribution in [0.25, 0.3) is 0 Å². The standard InChI is InChI=1S/C15H23ClN2O/c1-10-8-12(9-11(2)19-10)17-14-7-5-6-13(16)15(14)18(3)4/h5-7,10-12,17H,8-9H2,1-4H3. The topological polar surface area (TPSA) is 24.5 Å². The van der Waals surface area contributed by atoms with Gasteiger partial charge in [-0.25, -0.2) is 0 Å². The molecule has 3 nitrogen and oxygen atoms in total. The zero-order chi connectivity index (χ0) is 14.0. The Bertz CT molecular complexity index is 426. The molecular weight excluding hydrogens is 260 g/mol. The number of nitrogens with zero attached hydrogens (tertiary/aromatic N) is 1. The second kappa shape index (κ2) is 6.02. The van der Waals surface area contributed by atoms with Crippen molar-refractivity contribution in [1.29, 1.82) is 0 Å². The summed E-state index contributed by atoms with van der Waals surface area (Å²) in [4.78, 5) is 2.05. The van der Waals surface area contributed by atoms with E-state index in [0.29, 0.717) is 18.2 Å². The lowest BCUT2D eigenvalue weighted by atomic mass is 9.99. The van der Waals surface area contributed by atoms with E-state index < -0.39 is 0 Å². The summed E-state index contributed by atoms with van der Waals surface area (Å²) in [5.41, 5.74) is 2.15. The van der Waals surface area contributed by atoms with Crippen molar-refractivity contribution < 1.29 is 4.74 Å². The maximum absolute atomic E-state index is 6.29. The fraction of sp³-hybridized carbons (Fsp3) is 0.600. The molecule has 0 aromatic heterocycles. The minimum atomic E-state index is 0.309. The fourth-order valence-electron chi connectivity index (χ4n) is 2.83. The van der Waals surface area contributed by atoms with Crippen molar-refractivity contribution in [3.8, 4) is 0 Å². The molecule has 2 atom stereocenters. The average molecular weight is 283 g/mol. The van der Waals surface area contributed by atoms with Gasteiger partial charge in [-0.15, -0.1) is 0 Å². The highest BCUT2D eigenvalue weighted by molar-refractivity contribution is 6.34. The summed E-state index contributed by atoms with van der Waals surface area (Å²) in [5.74, 6) is 0. The van der Waals surface area contributed by atoms with Crippen LogP contribution in [0.3, 0.4) is 0 Å². The van der Waals surface area contributed by atoms with Gasteiger partial charge in [-0.05, 0) is 38.8 Å². The van der Waals surface area contributed by atoms with Gasteiger partial charge < -0.3 is 15.0 Å². The summed E-state index contributed by atoms with van der Waals surface area (Å²) in [5, 5.41) is 4.41. The Kier molecular flexibility index (Phi) is 4.58. The SMILES string of the molecule is CC1CC(Nc2cccc(Cl)c2N(C)C)CC(C)O1. The van der Waals surface area contributed by atoms with E-state index in [0.717, 1.165) is 29.2 Å². The van der Waals surface area contributed by atoms with Gasteiger partial charge >= 0.3 is 0 Å². The summed E-state index contributed by atoms with van der Waals surface area (Å²) in [6.07, 6.45) is 2.68. The van der Waals surface area contributed by atoms with Crippen LogP contribution in [0, 0.1) is 0 Å². The normalized spacial score (nSPS) is 27.1. The molecule has 0 amide bonds. The van der Waals surface area contributed by atoms with Gasteiger partial charge in [-0.2, -0.15) is 0 Å². The highest BCUT2D eigenvalue weighted by Gasteiger charge is 2.25. The Morgan fingerprint density at radius 1 is 1.21 bits per heavy atom. The van der Waals surface area contributed by atoms with E-state index in [1.54, 1.807) is 0 Å². The van der Waals surface area contributed by atoms with E-state index in [2.05, 4.69) is 30.1 Å². The van der Waals surface area contributed by atoms with E-state index in [-0.39, 0.29) is 0 Å². The van der Waals surface area contributed by atoms with Gasteiger partial charge in [-0.1, -0.05) is 17.7 Å². The summed E-state index contributed by atoms with van der Waals surface area (Å²) in [6.45, 7) is 4.27. The molecule has 0 aliphatic carbocycles. The third-order valence-corrected chi connectivity index (χ3v) is 3.80. The lowest BCUT2D eigenvalue weighted by Gasteiger charge is -2.34. The third-order valence-electron chi connectivity index (χ3n) is 3.49. The Labute approximate surface area is 120 Å². The van der Waals surface area contributed by atoms with Crippen LogP contribution in [-0.4, -0.2) is 32.3 Å². The predicted octanol–water partition coefficient (Wildman–Crippen LogP) is 3.77. The summed E-state index contributed by atoms with van der Waals surface area (Å²) < 4.78 is 5.78. The quantitative estimate of drug-likeness (QED) is 0.913. The highest BCUT2D eigenvalue weighted by Crippen LogP contribution is 2.34. The van der Waals surface area contributed by atoms with Crippen molar-refractivity contribution in [1.82, 2.24) is 0 Å². The third kappa shape index (κ3) is 3.54. The molecule has 0 radical (unpaired) electrons. The zero-order valence-corrected chi connectivity index (χ0v) is 12.9. The van der Waals surface area contributed by atoms with Crippen molar-refractivity contribution in [3.05, 3.63) is 23.2 Å². The number of anilines is 2. The number of hydrogen-bond acceptors (Lipinski definition) is 3. The van der Waals surface area contributed by atoms with Crippen LogP contribution >= 0.6 is 11.6 Å². The molecular formula is C15H23ClN2O. The molecule has 0 saturated carbocycles. The average Bonchev–Trinajstić information content (AvgIpc) is 2.26. The van der Waals surface area contributed by atoms with Crippen LogP contribution < -0.4 is 10.2 Å². The minimum absolute atomic E-state index is 0.309. The monoisotopic (exact) mass is 282 g/mol. The smallest absolute Gasteiger partial charge is 0.0786 e. The van der Waals surface area contributed by atoms with Crippen molar-refractivity contribution >= 4 is 23.0 Å². The lowest BCUT2D eigenvalue weighted by molar-refractivity contribution is -0.0337. The van der Waals surface area contributed by atoms with E-state index in [1.165, 1.54) is 0 Å². The molecule has 1 N–H and O–H groups in total. The predicted molar refractivity (Wildman–Crippen MR) is 82.4 cm³/mol. The summed E-state index contributed by atoms with van der Waals surface area (Å²) in [6, 6.07) is 6.45. The van der Waals surface area contributed by atoms with Gasteiger partial charge in [-0.3, -0.25) is 0 Å². The second-order valence-corrected chi connectivity index (χ2v) is 6.01. The van der Waals surface area contributed by atoms with Gasteiger partial charge in [0.25, 0.3) is 0 Å². The number of benzene rings is 1. The molecule has 0 spiro atoms. The number of nitrogens with one attached hydrogen (secondary N) is 1. The number of hydrogen-bond donors (Lipinski definition) is 1. The first-order chi connectivity index (χ1) is 8.97. The highest BCUT2D eigenvalue weighted by atomic mass is 35.5. The molecule has 1 saturated heterocycles. The first kappa shape index (κ1) is 14.5. The maximum Gasteiger partial charge on any atom is 0.0786 e. The fourth-order valence-corrected chi connectivity index (χ4v) is 3.17. The van der Waals surface area contributed by atoms with E-state index in [9.17, 15) is 0 Å². The van der Waals surface area contributed by atoms with Gasteiger partial charge in [0.2, 0.25) is 0 Å². The molecule has 1 fully saturated rings. The van der Waals surface area contributed by atoms with Crippen LogP contribution in [0.5, 0.6) is 0 Å². The van der Waals surface area contributed by atoms with Crippen molar-refractivity contribution in [3.63, 3.8) is 0 Å². The summed E-state index contributed by atoms with van der Waals surface area (Å²) >= 11 is 6.29. The maximum atomic E-state index is 6.29. The van der Waals surface area contributed by atoms with Gasteiger partial charge in [0.05, 0.1) is 28.6 Å². The number of halogens is 1. The minimum Gasteiger partial charge on any atom is -0.380 e. The molecule has 1 aliphatic heterocycles. The van der Waals surface area contributed by atoms with Crippen LogP contribution in [-0.2, 0) is 4.74 Å². The van der Waals surface area contributed by atoms with Crippen LogP contribution in [0.2, 0.25) is 5.02 Å². The first-order valence-corrected chi connectivity index (χ1v) is 7.23. The number of ether oxygens (including phenoxy) is 1. The zero-order valence-electron chi connectivity index (χ0n) is 12.1. The van der Waals surface area contributed by atoms with Crippen molar-refractivity contribution in [2.75, 3.05) is 24.3 Å². The molecule has 1 aromatic carbocycles. The number of rotatable bonds is 3. The van der Waals surface area contributed by atoms with Crippen LogP contribution in [0.4, 0.5) is 11.4 Å². The number of para-hydroxylation sites is 1. The van der Waals surface area contributed by atoms with Gasteiger partial charge in [0.15, 0.2) is 0 Å². The molecule has 4 heteroatoms. The van der Waals surface area contributed by atoms with Crippen molar-refractivity contribution in [2.24, 2.45) is 0 Å². The van der Waals surface area contributed by atoms with Gasteiger partial charge in [0, 0.05) is 20.1 Å². The van der Waals surface area contributed by atoms with Gasteiger partial charge in [0.1, 0.15) is 0 Å². The first-order valence-electron chi connectivity index (χ1n) is 6.85.